The van der Waals surface area contributed by atoms with Crippen LogP contribution < -0.4 is 0 Å². The van der Waals surface area contributed by atoms with Crippen LogP contribution in [-0.2, 0) is 28.7 Å². The summed E-state index contributed by atoms with van der Waals surface area (Å²) in [5.41, 5.74) is -4.21. The number of alkyl halides is 1. The quantitative estimate of drug-likeness (QED) is 0.305. The molecule has 0 radical (unpaired) electrons. The minimum Gasteiger partial charge on any atom is -0.457 e. The van der Waals surface area contributed by atoms with E-state index < -0.39 is 82.4 Å². The van der Waals surface area contributed by atoms with E-state index in [1.807, 2.05) is 13.8 Å². The van der Waals surface area contributed by atoms with Crippen molar-refractivity contribution in [2.45, 2.75) is 104 Å². The molecule has 7 nitrogen and oxygen atoms in total. The van der Waals surface area contributed by atoms with Crippen LogP contribution in [0.5, 0.6) is 0 Å². The summed E-state index contributed by atoms with van der Waals surface area (Å²) in [4.78, 5) is 51.2. The standard InChI is InChI=1S/C31H42F2O7/c1-6-8-9-10-25(38)40-31(23(36)16-39-24(37)7-2)17(3)13-19-18-14-20(32)27-28(33)21(34)11-12-29(27,4)26(18)22(35)15-30(19,31)5/h11-12,17-20,22,26,35H,6-10,13-16H2,1-5H3/t17?,18-,19-,20?,22?,26+,29+,30-,31-/m0/s1. The number of fused-ring (bicyclic) bond motifs is 5. The second-order valence-corrected chi connectivity index (χ2v) is 12.6. The molecule has 0 bridgehead atoms. The van der Waals surface area contributed by atoms with Crippen LogP contribution in [0.3, 0.4) is 0 Å². The van der Waals surface area contributed by atoms with Gasteiger partial charge < -0.3 is 14.6 Å². The number of allylic oxidation sites excluding steroid dienone is 4. The number of ketones is 2. The lowest BCUT2D eigenvalue weighted by Gasteiger charge is -2.60. The summed E-state index contributed by atoms with van der Waals surface area (Å²) in [6.07, 6.45) is 2.64. The Morgan fingerprint density at radius 2 is 1.82 bits per heavy atom. The fourth-order valence-corrected chi connectivity index (χ4v) is 8.72. The Balaban J connectivity index is 1.76. The van der Waals surface area contributed by atoms with E-state index >= 15 is 4.39 Å². The van der Waals surface area contributed by atoms with Crippen LogP contribution in [0.2, 0.25) is 0 Å². The van der Waals surface area contributed by atoms with Crippen LogP contribution in [0.1, 0.15) is 86.0 Å². The average Bonchev–Trinajstić information content (AvgIpc) is 3.11. The molecule has 0 amide bonds. The first kappa shape index (κ1) is 30.5. The highest BCUT2D eigenvalue weighted by molar-refractivity contribution is 6.04. The summed E-state index contributed by atoms with van der Waals surface area (Å²) in [5.74, 6) is -5.54. The number of aliphatic hydroxyl groups excluding tert-OH is 1. The number of carbonyl (C=O) groups excluding carboxylic acids is 4. The number of aliphatic hydroxyl groups is 1. The van der Waals surface area contributed by atoms with Gasteiger partial charge in [0, 0.05) is 41.1 Å². The molecule has 0 heterocycles. The van der Waals surface area contributed by atoms with Gasteiger partial charge in [0.2, 0.25) is 11.6 Å². The Kier molecular flexibility index (Phi) is 8.48. The van der Waals surface area contributed by atoms with Gasteiger partial charge in [-0.15, -0.1) is 0 Å². The molecular formula is C31H42F2O7. The first-order valence-electron chi connectivity index (χ1n) is 14.6. The Morgan fingerprint density at radius 1 is 1.12 bits per heavy atom. The summed E-state index contributed by atoms with van der Waals surface area (Å²) in [6.45, 7) is 8.33. The van der Waals surface area contributed by atoms with Crippen LogP contribution in [0, 0.1) is 34.5 Å². The van der Waals surface area contributed by atoms with Crippen molar-refractivity contribution >= 4 is 23.5 Å². The van der Waals surface area contributed by atoms with Crippen molar-refractivity contribution in [2.75, 3.05) is 6.61 Å². The maximum absolute atomic E-state index is 15.8. The molecule has 0 aromatic carbocycles. The third-order valence-corrected chi connectivity index (χ3v) is 10.4. The lowest BCUT2D eigenvalue weighted by atomic mass is 9.45. The van der Waals surface area contributed by atoms with E-state index in [1.54, 1.807) is 20.8 Å². The number of ether oxygens (including phenoxy) is 2. The predicted molar refractivity (Wildman–Crippen MR) is 142 cm³/mol. The highest BCUT2D eigenvalue weighted by Crippen LogP contribution is 2.69. The van der Waals surface area contributed by atoms with Crippen molar-refractivity contribution < 1.29 is 42.5 Å². The second kappa shape index (κ2) is 11.1. The molecule has 0 aromatic rings. The van der Waals surface area contributed by atoms with Crippen LogP contribution >= 0.6 is 0 Å². The molecule has 3 fully saturated rings. The van der Waals surface area contributed by atoms with E-state index in [1.165, 1.54) is 6.08 Å². The SMILES string of the molecule is CCCCCC(=O)O[C@]1(C(=O)COC(=O)CC)C(C)C[C@H]2[C@@H]3CC(F)C4=C(F)C(=O)C=C[C@]4(C)[C@H]3C(O)C[C@@]21C. The number of rotatable bonds is 9. The van der Waals surface area contributed by atoms with E-state index in [0.29, 0.717) is 12.8 Å². The average molecular weight is 565 g/mol. The molecule has 4 aliphatic rings. The molecule has 0 aliphatic heterocycles. The number of hydrogen-bond donors (Lipinski definition) is 1. The van der Waals surface area contributed by atoms with Crippen LogP contribution in [0.25, 0.3) is 0 Å². The van der Waals surface area contributed by atoms with Gasteiger partial charge in [-0.2, -0.15) is 0 Å². The van der Waals surface area contributed by atoms with E-state index in [2.05, 4.69) is 0 Å². The number of esters is 2. The van der Waals surface area contributed by atoms with Gasteiger partial charge >= 0.3 is 11.9 Å². The summed E-state index contributed by atoms with van der Waals surface area (Å²) in [5, 5.41) is 11.7. The monoisotopic (exact) mass is 564 g/mol. The molecule has 3 unspecified atom stereocenters. The predicted octanol–water partition coefficient (Wildman–Crippen LogP) is 5.14. The topological polar surface area (TPSA) is 107 Å². The molecule has 0 aromatic heterocycles. The van der Waals surface area contributed by atoms with E-state index in [-0.39, 0.29) is 37.2 Å². The van der Waals surface area contributed by atoms with E-state index in [9.17, 15) is 28.7 Å². The van der Waals surface area contributed by atoms with Gasteiger partial charge in [-0.25, -0.2) is 8.78 Å². The first-order valence-corrected chi connectivity index (χ1v) is 14.6. The number of hydrogen-bond acceptors (Lipinski definition) is 7. The third kappa shape index (κ3) is 4.56. The molecule has 9 atom stereocenters. The van der Waals surface area contributed by atoms with Gasteiger partial charge in [-0.3, -0.25) is 19.2 Å². The number of unbranched alkanes of at least 4 members (excludes halogenated alkanes) is 2. The molecular weight excluding hydrogens is 522 g/mol. The summed E-state index contributed by atoms with van der Waals surface area (Å²) < 4.78 is 42.1. The molecule has 3 saturated carbocycles. The Hall–Kier alpha value is -2.42. The first-order chi connectivity index (χ1) is 18.8. The van der Waals surface area contributed by atoms with Gasteiger partial charge in [0.25, 0.3) is 0 Å². The minimum absolute atomic E-state index is 0.0438. The van der Waals surface area contributed by atoms with Gasteiger partial charge in [0.1, 0.15) is 6.17 Å². The maximum atomic E-state index is 15.8. The molecule has 4 aliphatic carbocycles. The molecule has 222 valence electrons. The molecule has 0 saturated heterocycles. The van der Waals surface area contributed by atoms with Crippen LogP contribution in [-0.4, -0.2) is 53.1 Å². The van der Waals surface area contributed by atoms with Crippen molar-refractivity contribution in [3.05, 3.63) is 23.6 Å². The smallest absolute Gasteiger partial charge is 0.306 e. The lowest BCUT2D eigenvalue weighted by molar-refractivity contribution is -0.207. The molecule has 1 N–H and O–H groups in total. The molecule has 4 rings (SSSR count). The zero-order valence-electron chi connectivity index (χ0n) is 24.1. The maximum Gasteiger partial charge on any atom is 0.306 e. The van der Waals surface area contributed by atoms with Crippen molar-refractivity contribution in [1.82, 2.24) is 0 Å². The van der Waals surface area contributed by atoms with E-state index in [0.717, 1.165) is 18.9 Å². The Bertz CT molecular complexity index is 1130. The highest BCUT2D eigenvalue weighted by atomic mass is 19.1. The van der Waals surface area contributed by atoms with Gasteiger partial charge in [0.05, 0.1) is 6.10 Å². The van der Waals surface area contributed by atoms with Gasteiger partial charge in [0.15, 0.2) is 18.0 Å². The number of Topliss-reactive ketones (excluding diaryl/α,β-unsaturated/α-hetero) is 1. The van der Waals surface area contributed by atoms with Crippen LogP contribution in [0.15, 0.2) is 23.6 Å². The summed E-state index contributed by atoms with van der Waals surface area (Å²) in [7, 11) is 0. The fraction of sp³-hybridized carbons (Fsp3) is 0.742. The van der Waals surface area contributed by atoms with Crippen molar-refractivity contribution in [2.24, 2.45) is 34.5 Å². The van der Waals surface area contributed by atoms with Crippen molar-refractivity contribution in [3.8, 4) is 0 Å². The largest absolute Gasteiger partial charge is 0.457 e. The zero-order chi connectivity index (χ0) is 29.6. The number of halogens is 2. The molecule has 40 heavy (non-hydrogen) atoms. The highest BCUT2D eigenvalue weighted by Gasteiger charge is 2.73. The normalized spacial score (nSPS) is 40.2. The zero-order valence-corrected chi connectivity index (χ0v) is 24.1. The minimum atomic E-state index is -1.74. The van der Waals surface area contributed by atoms with Crippen LogP contribution in [0.4, 0.5) is 8.78 Å². The molecule has 9 heteroatoms. The Morgan fingerprint density at radius 3 is 2.48 bits per heavy atom. The van der Waals surface area contributed by atoms with Gasteiger partial charge in [-0.05, 0) is 43.6 Å². The number of carbonyl (C=O) groups is 4. The second-order valence-electron chi connectivity index (χ2n) is 12.6. The lowest BCUT2D eigenvalue weighted by Crippen LogP contribution is -2.65. The van der Waals surface area contributed by atoms with Crippen molar-refractivity contribution in [3.63, 3.8) is 0 Å². The van der Waals surface area contributed by atoms with Crippen molar-refractivity contribution in [1.29, 1.82) is 0 Å². The molecule has 0 spiro atoms. The van der Waals surface area contributed by atoms with Gasteiger partial charge in [-0.1, -0.05) is 53.5 Å². The fourth-order valence-electron chi connectivity index (χ4n) is 8.72. The summed E-state index contributed by atoms with van der Waals surface area (Å²) in [6, 6.07) is 0. The summed E-state index contributed by atoms with van der Waals surface area (Å²) >= 11 is 0. The third-order valence-electron chi connectivity index (χ3n) is 10.4. The van der Waals surface area contributed by atoms with E-state index in [4.69, 9.17) is 9.47 Å². The Labute approximate surface area is 234 Å².